The molecule has 0 saturated heterocycles. The van der Waals surface area contributed by atoms with Crippen LogP contribution >= 0.6 is 11.3 Å². The van der Waals surface area contributed by atoms with E-state index in [1.807, 2.05) is 0 Å². The third-order valence-corrected chi connectivity index (χ3v) is 6.47. The number of thiazole rings is 1. The van der Waals surface area contributed by atoms with Gasteiger partial charge in [0.25, 0.3) is 5.91 Å². The van der Waals surface area contributed by atoms with Crippen LogP contribution in [0.1, 0.15) is 43.6 Å². The van der Waals surface area contributed by atoms with E-state index in [2.05, 4.69) is 20.4 Å². The van der Waals surface area contributed by atoms with Crippen LogP contribution in [0.15, 0.2) is 36.0 Å². The molecule has 0 atom stereocenters. The lowest BCUT2D eigenvalue weighted by Gasteiger charge is -2.12. The predicted octanol–water partition coefficient (Wildman–Crippen LogP) is 5.28. The van der Waals surface area contributed by atoms with Crippen LogP contribution in [0, 0.1) is 37.9 Å². The van der Waals surface area contributed by atoms with Gasteiger partial charge >= 0.3 is 6.18 Å². The maximum Gasteiger partial charge on any atom is 0.417 e. The number of aromatic nitrogens is 4. The molecule has 0 aliphatic carbocycles. The molecule has 0 aliphatic heterocycles. The zero-order chi connectivity index (χ0) is 26.2. The molecule has 184 valence electrons. The Labute approximate surface area is 207 Å². The molecule has 7 nitrogen and oxygen atoms in total. The van der Waals surface area contributed by atoms with Gasteiger partial charge in [0.2, 0.25) is 0 Å². The molecule has 1 amide bonds. The van der Waals surface area contributed by atoms with Gasteiger partial charge in [-0.15, -0.1) is 11.3 Å². The van der Waals surface area contributed by atoms with Crippen molar-refractivity contribution >= 4 is 17.2 Å². The lowest BCUT2D eigenvalue weighted by molar-refractivity contribution is -0.137. The average Bonchev–Trinajstić information content (AvgIpc) is 3.39. The number of hydrogen-bond donors (Lipinski definition) is 1. The second kappa shape index (κ2) is 9.50. The number of aryl methyl sites for hydroxylation is 2. The Morgan fingerprint density at radius 1 is 1.17 bits per heavy atom. The Hall–Kier alpha value is -4.11. The Morgan fingerprint density at radius 2 is 1.92 bits per heavy atom. The van der Waals surface area contributed by atoms with Gasteiger partial charge in [0.05, 0.1) is 52.0 Å². The molecule has 1 N–H and O–H groups in total. The fourth-order valence-corrected chi connectivity index (χ4v) is 4.52. The van der Waals surface area contributed by atoms with Gasteiger partial charge in [0.1, 0.15) is 10.7 Å². The van der Waals surface area contributed by atoms with E-state index < -0.39 is 23.1 Å². The zero-order valence-electron chi connectivity index (χ0n) is 19.2. The van der Waals surface area contributed by atoms with Crippen molar-refractivity contribution < 1.29 is 22.4 Å². The van der Waals surface area contributed by atoms with E-state index in [1.165, 1.54) is 34.3 Å². The third-order valence-electron chi connectivity index (χ3n) is 5.54. The highest BCUT2D eigenvalue weighted by atomic mass is 32.1. The first-order valence-corrected chi connectivity index (χ1v) is 11.4. The van der Waals surface area contributed by atoms with Crippen LogP contribution in [0.25, 0.3) is 16.8 Å². The number of nitrogens with one attached hydrogen (secondary N) is 1. The minimum Gasteiger partial charge on any atom is -0.346 e. The van der Waals surface area contributed by atoms with E-state index >= 15 is 0 Å². The number of nitriles is 1. The van der Waals surface area contributed by atoms with E-state index in [0.717, 1.165) is 12.1 Å². The van der Waals surface area contributed by atoms with Crippen molar-refractivity contribution in [2.45, 2.75) is 33.5 Å². The second-order valence-electron chi connectivity index (χ2n) is 7.90. The van der Waals surface area contributed by atoms with Crippen LogP contribution in [-0.2, 0) is 12.7 Å². The monoisotopic (exact) mass is 514 g/mol. The largest absolute Gasteiger partial charge is 0.417 e. The maximum absolute atomic E-state index is 14.9. The van der Waals surface area contributed by atoms with Gasteiger partial charge in [0.15, 0.2) is 0 Å². The van der Waals surface area contributed by atoms with Crippen molar-refractivity contribution in [2.24, 2.45) is 0 Å². The van der Waals surface area contributed by atoms with Crippen molar-refractivity contribution in [3.05, 3.63) is 80.6 Å². The second-order valence-corrected chi connectivity index (χ2v) is 8.75. The maximum atomic E-state index is 14.9. The quantitative estimate of drug-likeness (QED) is 0.366. The van der Waals surface area contributed by atoms with E-state index in [-0.39, 0.29) is 23.8 Å². The molecule has 0 unspecified atom stereocenters. The van der Waals surface area contributed by atoms with E-state index in [1.54, 1.807) is 32.4 Å². The Bertz CT molecular complexity index is 1520. The van der Waals surface area contributed by atoms with E-state index in [4.69, 9.17) is 5.26 Å². The molecule has 3 aromatic heterocycles. The fourth-order valence-electron chi connectivity index (χ4n) is 3.81. The van der Waals surface area contributed by atoms with Gasteiger partial charge in [-0.3, -0.25) is 9.78 Å². The number of pyridine rings is 1. The van der Waals surface area contributed by atoms with Crippen LogP contribution in [-0.4, -0.2) is 25.7 Å². The summed E-state index contributed by atoms with van der Waals surface area (Å²) in [6.07, 6.45) is -3.29. The van der Waals surface area contributed by atoms with Crippen molar-refractivity contribution in [2.75, 3.05) is 0 Å². The molecule has 0 radical (unpaired) electrons. The normalized spacial score (nSPS) is 11.4. The smallest absolute Gasteiger partial charge is 0.346 e. The molecule has 3 heterocycles. The molecule has 0 bridgehead atoms. The first kappa shape index (κ1) is 25.0. The molecule has 1 aromatic carbocycles. The van der Waals surface area contributed by atoms with Crippen LogP contribution < -0.4 is 5.32 Å². The predicted molar refractivity (Wildman–Crippen MR) is 124 cm³/mol. The molecule has 12 heteroatoms. The zero-order valence-corrected chi connectivity index (χ0v) is 20.1. The highest BCUT2D eigenvalue weighted by Gasteiger charge is 2.34. The molecular weight excluding hydrogens is 496 g/mol. The summed E-state index contributed by atoms with van der Waals surface area (Å²) >= 11 is 1.18. The van der Waals surface area contributed by atoms with Crippen molar-refractivity contribution in [3.63, 3.8) is 0 Å². The summed E-state index contributed by atoms with van der Waals surface area (Å²) in [5.41, 5.74) is 2.51. The summed E-state index contributed by atoms with van der Waals surface area (Å²) < 4.78 is 56.4. The standard InChI is InChI=1S/C24H18F4N6OS/c1-12-21(14(3)34(33-12)17-5-4-15(8-29)18(7-17)24(26,27)28)16-6-19(25)20(30-9-16)10-31-23(35)22-13(2)32-11-36-22/h4-7,9,11H,10H2,1-3H3,(H,31,35). The Balaban J connectivity index is 1.63. The highest BCUT2D eigenvalue weighted by Crippen LogP contribution is 2.35. The average molecular weight is 515 g/mol. The summed E-state index contributed by atoms with van der Waals surface area (Å²) in [5, 5.41) is 16.0. The molecule has 4 aromatic rings. The third kappa shape index (κ3) is 4.70. The van der Waals surface area contributed by atoms with Gasteiger partial charge < -0.3 is 5.32 Å². The Kier molecular flexibility index (Phi) is 6.60. The first-order valence-electron chi connectivity index (χ1n) is 10.5. The number of carbonyl (C=O) groups is 1. The molecule has 0 spiro atoms. The molecule has 0 saturated carbocycles. The summed E-state index contributed by atoms with van der Waals surface area (Å²) in [4.78, 5) is 20.8. The first-order chi connectivity index (χ1) is 17.0. The summed E-state index contributed by atoms with van der Waals surface area (Å²) in [7, 11) is 0. The van der Waals surface area contributed by atoms with E-state index in [0.29, 0.717) is 33.1 Å². The molecule has 0 aliphatic rings. The molecular formula is C24H18F4N6OS. The summed E-state index contributed by atoms with van der Waals surface area (Å²) in [5.74, 6) is -1.04. The SMILES string of the molecule is Cc1ncsc1C(=O)NCc1ncc(-c2c(C)nn(-c3ccc(C#N)c(C(F)(F)F)c3)c2C)cc1F. The van der Waals surface area contributed by atoms with Gasteiger partial charge in [-0.05, 0) is 45.0 Å². The number of carbonyl (C=O) groups excluding carboxylic acids is 1. The van der Waals surface area contributed by atoms with Crippen LogP contribution in [0.5, 0.6) is 0 Å². The van der Waals surface area contributed by atoms with Gasteiger partial charge in [-0.25, -0.2) is 14.1 Å². The van der Waals surface area contributed by atoms with Crippen LogP contribution in [0.3, 0.4) is 0 Å². The van der Waals surface area contributed by atoms with Gasteiger partial charge in [-0.1, -0.05) is 0 Å². The number of benzene rings is 1. The summed E-state index contributed by atoms with van der Waals surface area (Å²) in [6.45, 7) is 4.86. The number of halogens is 4. The summed E-state index contributed by atoms with van der Waals surface area (Å²) in [6, 6.07) is 6.11. The van der Waals surface area contributed by atoms with E-state index in [9.17, 15) is 22.4 Å². The van der Waals surface area contributed by atoms with Gasteiger partial charge in [-0.2, -0.15) is 23.5 Å². The van der Waals surface area contributed by atoms with Crippen molar-refractivity contribution in [3.8, 4) is 22.9 Å². The van der Waals surface area contributed by atoms with Crippen LogP contribution in [0.2, 0.25) is 0 Å². The number of amides is 1. The molecule has 36 heavy (non-hydrogen) atoms. The topological polar surface area (TPSA) is 96.5 Å². The number of rotatable bonds is 5. The minimum atomic E-state index is -4.71. The number of nitrogens with zero attached hydrogens (tertiary/aromatic N) is 5. The fraction of sp³-hybridized carbons (Fsp3) is 0.208. The lowest BCUT2D eigenvalue weighted by Crippen LogP contribution is -2.23. The molecule has 0 fully saturated rings. The molecule has 4 rings (SSSR count). The van der Waals surface area contributed by atoms with Crippen LogP contribution in [0.4, 0.5) is 17.6 Å². The number of alkyl halides is 3. The van der Waals surface area contributed by atoms with Crippen molar-refractivity contribution in [1.82, 2.24) is 25.1 Å². The van der Waals surface area contributed by atoms with Crippen molar-refractivity contribution in [1.29, 1.82) is 5.26 Å². The van der Waals surface area contributed by atoms with Gasteiger partial charge in [0, 0.05) is 23.0 Å². The lowest BCUT2D eigenvalue weighted by atomic mass is 10.0. The minimum absolute atomic E-state index is 0.0267. The Morgan fingerprint density at radius 3 is 2.53 bits per heavy atom. The number of hydrogen-bond acceptors (Lipinski definition) is 6. The highest BCUT2D eigenvalue weighted by molar-refractivity contribution is 7.11.